The van der Waals surface area contributed by atoms with Gasteiger partial charge in [-0.15, -0.1) is 0 Å². The Hall–Kier alpha value is 1.89. The summed E-state index contributed by atoms with van der Waals surface area (Å²) < 4.78 is 0. The summed E-state index contributed by atoms with van der Waals surface area (Å²) in [6.45, 7) is 9.19. The summed E-state index contributed by atoms with van der Waals surface area (Å²) in [6.07, 6.45) is 0. The Morgan fingerprint density at radius 2 is 0.857 bits per heavy atom. The summed E-state index contributed by atoms with van der Waals surface area (Å²) in [4.78, 5) is 0. The number of rotatable bonds is 0. The lowest BCUT2D eigenvalue weighted by Crippen LogP contribution is -1.74. The molecule has 0 heterocycles. The maximum Gasteiger partial charge on any atom is 0.0481 e. The van der Waals surface area contributed by atoms with Crippen LogP contribution in [0.5, 0.6) is 0 Å². The molecule has 0 radical (unpaired) electrons. The molecule has 0 fully saturated rings. The molecular formula is C4H12I2P+. The Morgan fingerprint density at radius 1 is 0.857 bits per heavy atom. The first-order valence-electron chi connectivity index (χ1n) is 1.93. The van der Waals surface area contributed by atoms with Gasteiger partial charge in [-0.3, -0.25) is 0 Å². The highest BCUT2D eigenvalue weighted by atomic mass is 128. The van der Waals surface area contributed by atoms with Gasteiger partial charge < -0.3 is 0 Å². The van der Waals surface area contributed by atoms with Crippen LogP contribution in [0.25, 0.3) is 0 Å². The van der Waals surface area contributed by atoms with Crippen molar-refractivity contribution in [3.63, 3.8) is 0 Å². The van der Waals surface area contributed by atoms with E-state index >= 15 is 0 Å². The molecule has 0 nitrogen and oxygen atoms in total. The average Bonchev–Trinajstić information content (AvgIpc) is 1.36. The molecule has 0 aliphatic heterocycles. The molecule has 0 aromatic rings. The lowest BCUT2D eigenvalue weighted by Gasteiger charge is -1.97. The highest BCUT2D eigenvalue weighted by Gasteiger charge is 2.03. The molecule has 0 spiro atoms. The van der Waals surface area contributed by atoms with Crippen LogP contribution in [-0.4, -0.2) is 26.7 Å². The van der Waals surface area contributed by atoms with Gasteiger partial charge in [0.1, 0.15) is 0 Å². The van der Waals surface area contributed by atoms with Crippen LogP contribution in [0.15, 0.2) is 0 Å². The van der Waals surface area contributed by atoms with E-state index in [0.717, 1.165) is 0 Å². The molecule has 0 aromatic carbocycles. The van der Waals surface area contributed by atoms with Crippen molar-refractivity contribution in [2.75, 3.05) is 26.7 Å². The third-order valence-electron chi connectivity index (χ3n) is 0. The van der Waals surface area contributed by atoms with Crippen LogP contribution in [0.3, 0.4) is 0 Å². The van der Waals surface area contributed by atoms with Gasteiger partial charge in [0.15, 0.2) is 0 Å². The molecule has 0 unspecified atom stereocenters. The van der Waals surface area contributed by atoms with Gasteiger partial charge in [0.05, 0.1) is 0 Å². The lowest BCUT2D eigenvalue weighted by molar-refractivity contribution is 1.95. The zero-order chi connectivity index (χ0) is 6.50. The van der Waals surface area contributed by atoms with Crippen LogP contribution in [0.4, 0.5) is 0 Å². The second-order valence-corrected chi connectivity index (χ2v) is 8.05. The molecule has 0 aliphatic rings. The molecule has 0 saturated carbocycles. The molecule has 46 valence electrons. The van der Waals surface area contributed by atoms with Gasteiger partial charge in [-0.2, -0.15) is 0 Å². The SMILES string of the molecule is C[P+](C)(C)C.II. The summed E-state index contributed by atoms with van der Waals surface area (Å²) in [5.41, 5.74) is 0. The van der Waals surface area contributed by atoms with E-state index in [2.05, 4.69) is 63.9 Å². The van der Waals surface area contributed by atoms with Gasteiger partial charge in [0, 0.05) is 71.2 Å². The van der Waals surface area contributed by atoms with Crippen LogP contribution in [0.1, 0.15) is 0 Å². The number of halogens is 2. The Labute approximate surface area is 70.5 Å². The third kappa shape index (κ3) is 76.6. The smallest absolute Gasteiger partial charge is 0 e. The van der Waals surface area contributed by atoms with E-state index in [1.165, 1.54) is 0 Å². The lowest BCUT2D eigenvalue weighted by atomic mass is 11.8. The number of hydrogen-bond donors (Lipinski definition) is 0. The van der Waals surface area contributed by atoms with E-state index in [9.17, 15) is 0 Å². The Kier molecular flexibility index (Phi) is 10.0. The molecule has 0 saturated heterocycles. The summed E-state index contributed by atoms with van der Waals surface area (Å²) in [6, 6.07) is 0. The summed E-state index contributed by atoms with van der Waals surface area (Å²) >= 11 is 4.24. The predicted molar refractivity (Wildman–Crippen MR) is 58.7 cm³/mol. The van der Waals surface area contributed by atoms with Gasteiger partial charge in [0.25, 0.3) is 0 Å². The van der Waals surface area contributed by atoms with Crippen molar-refractivity contribution >= 4 is 44.5 Å². The van der Waals surface area contributed by atoms with Gasteiger partial charge in [0.2, 0.25) is 0 Å². The summed E-state index contributed by atoms with van der Waals surface area (Å²) in [5.74, 6) is 0. The Balaban J connectivity index is 0. The molecular weight excluding hydrogens is 333 g/mol. The van der Waals surface area contributed by atoms with E-state index in [0.29, 0.717) is 0 Å². The molecule has 0 aliphatic carbocycles. The predicted octanol–water partition coefficient (Wildman–Crippen LogP) is 3.29. The quantitative estimate of drug-likeness (QED) is 0.467. The first kappa shape index (κ1) is 11.7. The fourth-order valence-electron chi connectivity index (χ4n) is 0. The van der Waals surface area contributed by atoms with E-state index in [-0.39, 0.29) is 7.26 Å². The van der Waals surface area contributed by atoms with Crippen LogP contribution < -0.4 is 0 Å². The fraction of sp³-hybridized carbons (Fsp3) is 1.00. The minimum Gasteiger partial charge on any atom is 0 e. The van der Waals surface area contributed by atoms with E-state index in [1.54, 1.807) is 0 Å². The molecule has 0 bridgehead atoms. The fourth-order valence-corrected chi connectivity index (χ4v) is 0. The molecule has 3 heteroatoms. The minimum atomic E-state index is -0.389. The van der Waals surface area contributed by atoms with Crippen LogP contribution in [0.2, 0.25) is 0 Å². The van der Waals surface area contributed by atoms with E-state index in [4.69, 9.17) is 0 Å². The summed E-state index contributed by atoms with van der Waals surface area (Å²) in [7, 11) is -0.389. The van der Waals surface area contributed by atoms with Crippen LogP contribution in [-0.2, 0) is 0 Å². The Morgan fingerprint density at radius 3 is 0.857 bits per heavy atom. The maximum absolute atomic E-state index is 2.30. The van der Waals surface area contributed by atoms with E-state index < -0.39 is 0 Å². The van der Waals surface area contributed by atoms with Crippen LogP contribution >= 0.6 is 44.5 Å². The van der Waals surface area contributed by atoms with Gasteiger partial charge in [-0.25, -0.2) is 0 Å². The van der Waals surface area contributed by atoms with E-state index in [1.807, 2.05) is 0 Å². The summed E-state index contributed by atoms with van der Waals surface area (Å²) in [5, 5.41) is 0. The highest BCUT2D eigenvalue weighted by Crippen LogP contribution is 2.40. The molecule has 0 N–H and O–H groups in total. The molecule has 0 amide bonds. The van der Waals surface area contributed by atoms with Crippen molar-refractivity contribution in [1.82, 2.24) is 0 Å². The van der Waals surface area contributed by atoms with Crippen molar-refractivity contribution in [2.24, 2.45) is 0 Å². The zero-order valence-corrected chi connectivity index (χ0v) is 10.4. The molecule has 0 atom stereocenters. The minimum absolute atomic E-state index is 0.389. The largest absolute Gasteiger partial charge is 0.0481 e. The third-order valence-corrected chi connectivity index (χ3v) is 0. The second kappa shape index (κ2) is 6.02. The molecule has 7 heavy (non-hydrogen) atoms. The van der Waals surface area contributed by atoms with Crippen LogP contribution in [0, 0.1) is 0 Å². The zero-order valence-electron chi connectivity index (χ0n) is 5.20. The normalized spacial score (nSPS) is 9.43. The first-order chi connectivity index (χ1) is 3.00. The monoisotopic (exact) mass is 345 g/mol. The van der Waals surface area contributed by atoms with Crippen molar-refractivity contribution in [2.45, 2.75) is 0 Å². The van der Waals surface area contributed by atoms with Crippen molar-refractivity contribution in [3.05, 3.63) is 0 Å². The second-order valence-electron chi connectivity index (χ2n) is 2.68. The van der Waals surface area contributed by atoms with Crippen molar-refractivity contribution in [3.8, 4) is 0 Å². The Bertz CT molecular complexity index is 25.2. The van der Waals surface area contributed by atoms with Crippen molar-refractivity contribution < 1.29 is 0 Å². The van der Waals surface area contributed by atoms with Crippen molar-refractivity contribution in [1.29, 1.82) is 0 Å². The van der Waals surface area contributed by atoms with Gasteiger partial charge in [-0.05, 0) is 0 Å². The first-order valence-corrected chi connectivity index (χ1v) is 11.8. The standard InChI is InChI=1S/C4H12P.I2/c1-5(2,3)4;1-2/h1-4H3;/q+1;. The van der Waals surface area contributed by atoms with Gasteiger partial charge in [-0.1, -0.05) is 0 Å². The average molecular weight is 345 g/mol. The maximum atomic E-state index is 2.30. The topological polar surface area (TPSA) is 0 Å². The molecule has 0 aromatic heterocycles. The highest BCUT2D eigenvalue weighted by molar-refractivity contribution is 15.0. The molecule has 0 rings (SSSR count). The van der Waals surface area contributed by atoms with Gasteiger partial charge >= 0.3 is 0 Å². The number of hydrogen-bond acceptors (Lipinski definition) is 0.